The van der Waals surface area contributed by atoms with Crippen LogP contribution in [0.1, 0.15) is 12.5 Å². The van der Waals surface area contributed by atoms with Crippen molar-refractivity contribution in [2.75, 3.05) is 0 Å². The second-order valence-corrected chi connectivity index (χ2v) is 3.92. The third kappa shape index (κ3) is 5.06. The van der Waals surface area contributed by atoms with E-state index < -0.39 is 0 Å². The molecule has 1 aromatic rings. The molecule has 0 aliphatic carbocycles. The lowest BCUT2D eigenvalue weighted by atomic mass is 10.2. The van der Waals surface area contributed by atoms with Gasteiger partial charge in [-0.1, -0.05) is 23.7 Å². The average molecular weight is 282 g/mol. The summed E-state index contributed by atoms with van der Waals surface area (Å²) in [6.45, 7) is 1.83. The number of hydrogen-bond acceptors (Lipinski definition) is 3. The molecule has 0 saturated heterocycles. The van der Waals surface area contributed by atoms with Gasteiger partial charge in [-0.2, -0.15) is 0 Å². The van der Waals surface area contributed by atoms with Crippen molar-refractivity contribution in [2.24, 2.45) is 0 Å². The van der Waals surface area contributed by atoms with Crippen molar-refractivity contribution in [3.05, 3.63) is 64.9 Å². The third-order valence-corrected chi connectivity index (χ3v) is 2.55. The van der Waals surface area contributed by atoms with E-state index in [1.807, 2.05) is 0 Å². The molecular weight excluding hydrogens is 269 g/mol. The van der Waals surface area contributed by atoms with Crippen LogP contribution in [0.25, 0.3) is 0 Å². The Balaban J connectivity index is 2.70. The van der Waals surface area contributed by atoms with Gasteiger partial charge in [0.05, 0.1) is 5.03 Å². The average Bonchev–Trinajstić information content (AvgIpc) is 2.45. The lowest BCUT2D eigenvalue weighted by molar-refractivity contribution is -0.104. The standard InChI is InChI=1S/C14H13ClFNO2/c1-2-12(9-18)14(15)6-13(7-16)19-10-11-4-3-5-17-8-11/h2-9H,10H2,1H3/b12-2-,13-7-,14-6+. The van der Waals surface area contributed by atoms with E-state index in [1.54, 1.807) is 31.5 Å². The SMILES string of the molecule is C\C=C(C=O)/C(Cl)=C\C(=C\F)OCc1cccnc1. The van der Waals surface area contributed by atoms with E-state index in [-0.39, 0.29) is 29.3 Å². The zero-order valence-corrected chi connectivity index (χ0v) is 11.1. The second-order valence-electron chi connectivity index (χ2n) is 3.52. The van der Waals surface area contributed by atoms with Gasteiger partial charge in [0.15, 0.2) is 6.29 Å². The zero-order chi connectivity index (χ0) is 14.1. The number of allylic oxidation sites excluding steroid dienone is 4. The molecule has 1 heterocycles. The van der Waals surface area contributed by atoms with Crippen molar-refractivity contribution in [3.63, 3.8) is 0 Å². The quantitative estimate of drug-likeness (QED) is 0.346. The first kappa shape index (κ1) is 15.1. The van der Waals surface area contributed by atoms with E-state index in [9.17, 15) is 9.18 Å². The van der Waals surface area contributed by atoms with Gasteiger partial charge in [0.25, 0.3) is 0 Å². The fourth-order valence-corrected chi connectivity index (χ4v) is 1.49. The Morgan fingerprint density at radius 1 is 1.58 bits per heavy atom. The van der Waals surface area contributed by atoms with Crippen LogP contribution in [0.4, 0.5) is 4.39 Å². The predicted octanol–water partition coefficient (Wildman–Crippen LogP) is 3.68. The highest BCUT2D eigenvalue weighted by molar-refractivity contribution is 6.34. The van der Waals surface area contributed by atoms with Gasteiger partial charge in [-0.15, -0.1) is 0 Å². The molecule has 0 aromatic carbocycles. The van der Waals surface area contributed by atoms with Gasteiger partial charge < -0.3 is 4.74 Å². The summed E-state index contributed by atoms with van der Waals surface area (Å²) in [6, 6.07) is 3.56. The summed E-state index contributed by atoms with van der Waals surface area (Å²) in [5.74, 6) is -0.0601. The predicted molar refractivity (Wildman–Crippen MR) is 72.0 cm³/mol. The molecule has 0 radical (unpaired) electrons. The molecule has 5 heteroatoms. The molecule has 0 atom stereocenters. The number of pyridine rings is 1. The maximum absolute atomic E-state index is 12.7. The first-order valence-corrected chi connectivity index (χ1v) is 5.90. The molecular formula is C14H13ClFNO2. The molecule has 0 aliphatic rings. The Hall–Kier alpha value is -1.94. The molecule has 0 fully saturated rings. The van der Waals surface area contributed by atoms with Crippen molar-refractivity contribution in [1.82, 2.24) is 4.98 Å². The summed E-state index contributed by atoms with van der Waals surface area (Å²) in [5, 5.41) is 0.118. The molecule has 1 rings (SSSR count). The molecule has 0 spiro atoms. The van der Waals surface area contributed by atoms with Crippen LogP contribution in [-0.2, 0) is 16.1 Å². The van der Waals surface area contributed by atoms with Gasteiger partial charge in [0.2, 0.25) is 0 Å². The first-order valence-electron chi connectivity index (χ1n) is 5.52. The number of aromatic nitrogens is 1. The molecule has 1 aromatic heterocycles. The van der Waals surface area contributed by atoms with Crippen LogP contribution in [0.3, 0.4) is 0 Å². The van der Waals surface area contributed by atoms with Gasteiger partial charge in [0.1, 0.15) is 18.7 Å². The monoisotopic (exact) mass is 281 g/mol. The summed E-state index contributed by atoms with van der Waals surface area (Å²) in [6.07, 6.45) is 6.91. The molecule has 3 nitrogen and oxygen atoms in total. The Morgan fingerprint density at radius 2 is 2.37 bits per heavy atom. The van der Waals surface area contributed by atoms with E-state index in [0.29, 0.717) is 6.29 Å². The number of carbonyl (C=O) groups excluding carboxylic acids is 1. The van der Waals surface area contributed by atoms with Crippen LogP contribution < -0.4 is 0 Å². The van der Waals surface area contributed by atoms with Crippen LogP contribution in [0, 0.1) is 0 Å². The largest absolute Gasteiger partial charge is 0.486 e. The van der Waals surface area contributed by atoms with E-state index in [1.165, 1.54) is 12.2 Å². The minimum absolute atomic E-state index is 0.0601. The van der Waals surface area contributed by atoms with Gasteiger partial charge in [-0.05, 0) is 13.0 Å². The number of hydrogen-bond donors (Lipinski definition) is 0. The molecule has 0 aliphatic heterocycles. The van der Waals surface area contributed by atoms with Crippen molar-refractivity contribution in [1.29, 1.82) is 0 Å². The Morgan fingerprint density at radius 3 is 2.89 bits per heavy atom. The van der Waals surface area contributed by atoms with Gasteiger partial charge in [-0.25, -0.2) is 4.39 Å². The Kier molecular flexibility index (Phi) is 6.53. The molecule has 0 saturated carbocycles. The molecule has 0 N–H and O–H groups in total. The van der Waals surface area contributed by atoms with Gasteiger partial charge >= 0.3 is 0 Å². The van der Waals surface area contributed by atoms with Crippen molar-refractivity contribution >= 4 is 17.9 Å². The summed E-state index contributed by atoms with van der Waals surface area (Å²) in [4.78, 5) is 14.6. The summed E-state index contributed by atoms with van der Waals surface area (Å²) >= 11 is 5.86. The van der Waals surface area contributed by atoms with E-state index in [4.69, 9.17) is 16.3 Å². The van der Waals surface area contributed by atoms with Crippen LogP contribution in [0.2, 0.25) is 0 Å². The number of ether oxygens (including phenoxy) is 1. The molecule has 0 bridgehead atoms. The van der Waals surface area contributed by atoms with Crippen LogP contribution in [0.15, 0.2) is 59.4 Å². The molecule has 19 heavy (non-hydrogen) atoms. The number of rotatable bonds is 6. The van der Waals surface area contributed by atoms with Crippen molar-refractivity contribution in [3.8, 4) is 0 Å². The minimum Gasteiger partial charge on any atom is -0.486 e. The number of carbonyl (C=O) groups is 1. The van der Waals surface area contributed by atoms with E-state index in [2.05, 4.69) is 4.98 Å². The highest BCUT2D eigenvalue weighted by Gasteiger charge is 2.03. The molecule has 0 unspecified atom stereocenters. The maximum atomic E-state index is 12.7. The van der Waals surface area contributed by atoms with Crippen molar-refractivity contribution < 1.29 is 13.9 Å². The molecule has 0 amide bonds. The lowest BCUT2D eigenvalue weighted by Crippen LogP contribution is -1.93. The first-order chi connectivity index (χ1) is 9.21. The fourth-order valence-electron chi connectivity index (χ4n) is 1.23. The van der Waals surface area contributed by atoms with Gasteiger partial charge in [0, 0.05) is 29.6 Å². The molecule has 100 valence electrons. The second kappa shape index (κ2) is 8.21. The summed E-state index contributed by atoms with van der Waals surface area (Å²) < 4.78 is 17.9. The van der Waals surface area contributed by atoms with E-state index in [0.717, 1.165) is 5.56 Å². The third-order valence-electron chi connectivity index (χ3n) is 2.22. The Bertz CT molecular complexity index is 509. The highest BCUT2D eigenvalue weighted by atomic mass is 35.5. The van der Waals surface area contributed by atoms with Crippen LogP contribution in [0.5, 0.6) is 0 Å². The van der Waals surface area contributed by atoms with Crippen LogP contribution >= 0.6 is 11.6 Å². The highest BCUT2D eigenvalue weighted by Crippen LogP contribution is 2.17. The topological polar surface area (TPSA) is 39.2 Å². The number of aldehydes is 1. The summed E-state index contributed by atoms with van der Waals surface area (Å²) in [5.41, 5.74) is 1.07. The summed E-state index contributed by atoms with van der Waals surface area (Å²) in [7, 11) is 0. The Labute approximate surface area is 116 Å². The fraction of sp³-hybridized carbons (Fsp3) is 0.143. The van der Waals surface area contributed by atoms with Crippen LogP contribution in [-0.4, -0.2) is 11.3 Å². The lowest BCUT2D eigenvalue weighted by Gasteiger charge is -2.06. The normalized spacial score (nSPS) is 13.3. The van der Waals surface area contributed by atoms with Crippen molar-refractivity contribution in [2.45, 2.75) is 13.5 Å². The van der Waals surface area contributed by atoms with E-state index >= 15 is 0 Å². The maximum Gasteiger partial charge on any atom is 0.151 e. The van der Waals surface area contributed by atoms with Gasteiger partial charge in [-0.3, -0.25) is 9.78 Å². The minimum atomic E-state index is -0.0601. The zero-order valence-electron chi connectivity index (χ0n) is 10.3. The number of nitrogens with zero attached hydrogens (tertiary/aromatic N) is 1. The smallest absolute Gasteiger partial charge is 0.151 e. The number of halogens is 2.